The first-order valence-electron chi connectivity index (χ1n) is 5.46. The lowest BCUT2D eigenvalue weighted by Crippen LogP contribution is -2.08. The number of aryl methyl sites for hydroxylation is 2. The van der Waals surface area contributed by atoms with Gasteiger partial charge in [0, 0.05) is 25.4 Å². The molecule has 14 heavy (non-hydrogen) atoms. The predicted molar refractivity (Wildman–Crippen MR) is 57.1 cm³/mol. The molecule has 1 aromatic rings. The zero-order chi connectivity index (χ0) is 10.4. The first kappa shape index (κ1) is 11.2. The molecule has 1 unspecified atom stereocenters. The quantitative estimate of drug-likeness (QED) is 0.755. The number of hydrogen-bond acceptors (Lipinski definition) is 2. The minimum atomic E-state index is -0.136. The third-order valence-electron chi connectivity index (χ3n) is 2.53. The first-order valence-corrected chi connectivity index (χ1v) is 5.46. The Labute approximate surface area is 85.8 Å². The van der Waals surface area contributed by atoms with E-state index in [-0.39, 0.29) is 6.10 Å². The van der Waals surface area contributed by atoms with E-state index in [9.17, 15) is 5.11 Å². The van der Waals surface area contributed by atoms with Gasteiger partial charge >= 0.3 is 0 Å². The Bertz CT molecular complexity index is 258. The van der Waals surface area contributed by atoms with Crippen LogP contribution in [0.25, 0.3) is 0 Å². The highest BCUT2D eigenvalue weighted by molar-refractivity contribution is 4.91. The maximum absolute atomic E-state index is 9.39. The SMILES string of the molecule is CCc1nccn1CCCC(O)CC. The van der Waals surface area contributed by atoms with Gasteiger partial charge in [0.1, 0.15) is 5.82 Å². The number of nitrogens with zero attached hydrogens (tertiary/aromatic N) is 2. The summed E-state index contributed by atoms with van der Waals surface area (Å²) in [5.41, 5.74) is 0. The fourth-order valence-corrected chi connectivity index (χ4v) is 1.56. The van der Waals surface area contributed by atoms with Gasteiger partial charge in [-0.25, -0.2) is 4.98 Å². The van der Waals surface area contributed by atoms with Crippen LogP contribution in [0.1, 0.15) is 38.9 Å². The third-order valence-corrected chi connectivity index (χ3v) is 2.53. The molecule has 0 saturated heterocycles. The topological polar surface area (TPSA) is 38.0 Å². The maximum atomic E-state index is 9.39. The van der Waals surface area contributed by atoms with Gasteiger partial charge in [-0.2, -0.15) is 0 Å². The number of aliphatic hydroxyl groups is 1. The molecule has 80 valence electrons. The van der Waals surface area contributed by atoms with Crippen molar-refractivity contribution in [3.05, 3.63) is 18.2 Å². The van der Waals surface area contributed by atoms with E-state index in [4.69, 9.17) is 0 Å². The van der Waals surface area contributed by atoms with Gasteiger partial charge in [0.2, 0.25) is 0 Å². The summed E-state index contributed by atoms with van der Waals surface area (Å²) < 4.78 is 2.17. The number of imidazole rings is 1. The molecule has 1 atom stereocenters. The fraction of sp³-hybridized carbons (Fsp3) is 0.727. The van der Waals surface area contributed by atoms with Gasteiger partial charge < -0.3 is 9.67 Å². The van der Waals surface area contributed by atoms with Crippen LogP contribution in [0.3, 0.4) is 0 Å². The lowest BCUT2D eigenvalue weighted by atomic mass is 10.1. The average molecular weight is 196 g/mol. The summed E-state index contributed by atoms with van der Waals surface area (Å²) >= 11 is 0. The lowest BCUT2D eigenvalue weighted by Gasteiger charge is -2.09. The number of aromatic nitrogens is 2. The van der Waals surface area contributed by atoms with Crippen LogP contribution in [0, 0.1) is 0 Å². The standard InChI is InChI=1S/C11H20N2O/c1-3-10(14)6-5-8-13-9-7-12-11(13)4-2/h7,9-10,14H,3-6,8H2,1-2H3. The summed E-state index contributed by atoms with van der Waals surface area (Å²) in [6.07, 6.45) is 7.46. The van der Waals surface area contributed by atoms with E-state index in [2.05, 4.69) is 16.5 Å². The van der Waals surface area contributed by atoms with E-state index in [0.717, 1.165) is 38.1 Å². The molecule has 0 saturated carbocycles. The van der Waals surface area contributed by atoms with Crippen LogP contribution in [0.5, 0.6) is 0 Å². The second kappa shape index (κ2) is 5.81. The highest BCUT2D eigenvalue weighted by Crippen LogP contribution is 2.05. The molecule has 1 N–H and O–H groups in total. The van der Waals surface area contributed by atoms with Gasteiger partial charge in [-0.1, -0.05) is 13.8 Å². The van der Waals surface area contributed by atoms with Crippen LogP contribution >= 0.6 is 0 Å². The zero-order valence-electron chi connectivity index (χ0n) is 9.11. The van der Waals surface area contributed by atoms with E-state index in [1.807, 2.05) is 19.3 Å². The van der Waals surface area contributed by atoms with Crippen LogP contribution in [-0.2, 0) is 13.0 Å². The van der Waals surface area contributed by atoms with Crippen LogP contribution in [0.2, 0.25) is 0 Å². The molecule has 0 amide bonds. The molecule has 0 aliphatic heterocycles. The van der Waals surface area contributed by atoms with E-state index in [1.54, 1.807) is 0 Å². The van der Waals surface area contributed by atoms with E-state index >= 15 is 0 Å². The second-order valence-electron chi connectivity index (χ2n) is 3.59. The van der Waals surface area contributed by atoms with Gasteiger partial charge in [-0.05, 0) is 19.3 Å². The van der Waals surface area contributed by atoms with Gasteiger partial charge in [-0.3, -0.25) is 0 Å². The van der Waals surface area contributed by atoms with Crippen molar-refractivity contribution in [2.45, 2.75) is 52.2 Å². The van der Waals surface area contributed by atoms with Crippen LogP contribution in [0.15, 0.2) is 12.4 Å². The summed E-state index contributed by atoms with van der Waals surface area (Å²) in [6, 6.07) is 0. The van der Waals surface area contributed by atoms with E-state index in [1.165, 1.54) is 0 Å². The molecular formula is C11H20N2O. The Hall–Kier alpha value is -0.830. The van der Waals surface area contributed by atoms with Crippen molar-refractivity contribution in [1.29, 1.82) is 0 Å². The summed E-state index contributed by atoms with van der Waals surface area (Å²) in [5.74, 6) is 1.14. The molecule has 0 aromatic carbocycles. The molecule has 3 nitrogen and oxygen atoms in total. The Morgan fingerprint density at radius 1 is 1.50 bits per heavy atom. The Balaban J connectivity index is 2.31. The van der Waals surface area contributed by atoms with Crippen molar-refractivity contribution >= 4 is 0 Å². The minimum absolute atomic E-state index is 0.136. The maximum Gasteiger partial charge on any atom is 0.108 e. The number of aliphatic hydroxyl groups excluding tert-OH is 1. The highest BCUT2D eigenvalue weighted by atomic mass is 16.3. The molecule has 0 radical (unpaired) electrons. The fourth-order valence-electron chi connectivity index (χ4n) is 1.56. The van der Waals surface area contributed by atoms with Crippen LogP contribution in [-0.4, -0.2) is 20.8 Å². The molecule has 0 aliphatic rings. The third kappa shape index (κ3) is 3.14. The highest BCUT2D eigenvalue weighted by Gasteiger charge is 2.02. The largest absolute Gasteiger partial charge is 0.393 e. The molecule has 1 aromatic heterocycles. The molecular weight excluding hydrogens is 176 g/mol. The Morgan fingerprint density at radius 2 is 2.29 bits per heavy atom. The lowest BCUT2D eigenvalue weighted by molar-refractivity contribution is 0.155. The molecule has 0 spiro atoms. The molecule has 0 bridgehead atoms. The Kier molecular flexibility index (Phi) is 4.66. The van der Waals surface area contributed by atoms with E-state index in [0.29, 0.717) is 0 Å². The molecule has 1 heterocycles. The molecule has 0 aliphatic carbocycles. The summed E-state index contributed by atoms with van der Waals surface area (Å²) in [4.78, 5) is 4.25. The monoisotopic (exact) mass is 196 g/mol. The normalized spacial score (nSPS) is 13.1. The molecule has 1 rings (SSSR count). The smallest absolute Gasteiger partial charge is 0.108 e. The number of rotatable bonds is 6. The number of hydrogen-bond donors (Lipinski definition) is 1. The predicted octanol–water partition coefficient (Wildman–Crippen LogP) is 2.00. The van der Waals surface area contributed by atoms with Gasteiger partial charge in [0.05, 0.1) is 6.10 Å². The van der Waals surface area contributed by atoms with E-state index < -0.39 is 0 Å². The Morgan fingerprint density at radius 3 is 2.93 bits per heavy atom. The molecule has 0 fully saturated rings. The van der Waals surface area contributed by atoms with Gasteiger partial charge in [0.15, 0.2) is 0 Å². The van der Waals surface area contributed by atoms with Crippen molar-refractivity contribution in [2.24, 2.45) is 0 Å². The van der Waals surface area contributed by atoms with Gasteiger partial charge in [-0.15, -0.1) is 0 Å². The second-order valence-corrected chi connectivity index (χ2v) is 3.59. The van der Waals surface area contributed by atoms with Crippen molar-refractivity contribution < 1.29 is 5.11 Å². The van der Waals surface area contributed by atoms with Gasteiger partial charge in [0.25, 0.3) is 0 Å². The van der Waals surface area contributed by atoms with Crippen molar-refractivity contribution in [2.75, 3.05) is 0 Å². The average Bonchev–Trinajstić information content (AvgIpc) is 2.65. The van der Waals surface area contributed by atoms with Crippen molar-refractivity contribution in [1.82, 2.24) is 9.55 Å². The van der Waals surface area contributed by atoms with Crippen molar-refractivity contribution in [3.63, 3.8) is 0 Å². The van der Waals surface area contributed by atoms with Crippen LogP contribution < -0.4 is 0 Å². The van der Waals surface area contributed by atoms with Crippen LogP contribution in [0.4, 0.5) is 0 Å². The summed E-state index contributed by atoms with van der Waals surface area (Å²) in [5, 5.41) is 9.39. The van der Waals surface area contributed by atoms with Crippen molar-refractivity contribution in [3.8, 4) is 0 Å². The zero-order valence-corrected chi connectivity index (χ0v) is 9.11. The summed E-state index contributed by atoms with van der Waals surface area (Å²) in [6.45, 7) is 5.10. The molecule has 3 heteroatoms. The first-order chi connectivity index (χ1) is 6.77. The minimum Gasteiger partial charge on any atom is -0.393 e. The summed E-state index contributed by atoms with van der Waals surface area (Å²) in [7, 11) is 0.